The van der Waals surface area contributed by atoms with Crippen LogP contribution in [0.1, 0.15) is 42.5 Å². The highest BCUT2D eigenvalue weighted by Crippen LogP contribution is 2.35. The Morgan fingerprint density at radius 2 is 1.90 bits per heavy atom. The van der Waals surface area contributed by atoms with E-state index in [1.165, 1.54) is 0 Å². The fraction of sp³-hybridized carbons (Fsp3) is 0.440. The highest BCUT2D eigenvalue weighted by atomic mass is 16.3. The molecule has 0 radical (unpaired) electrons. The normalized spacial score (nSPS) is 27.8. The van der Waals surface area contributed by atoms with Gasteiger partial charge in [-0.15, -0.1) is 0 Å². The first-order chi connectivity index (χ1) is 14.6. The Morgan fingerprint density at radius 1 is 1.10 bits per heavy atom. The number of piperidine rings is 3. The van der Waals surface area contributed by atoms with Crippen LogP contribution in [0.3, 0.4) is 0 Å². The molecule has 4 saturated heterocycles. The summed E-state index contributed by atoms with van der Waals surface area (Å²) in [5.41, 5.74) is 1.90. The van der Waals surface area contributed by atoms with E-state index in [-0.39, 0.29) is 11.8 Å². The molecular weight excluding hydrogens is 374 g/mol. The van der Waals surface area contributed by atoms with Gasteiger partial charge in [-0.25, -0.2) is 4.98 Å². The Bertz CT molecular complexity index is 1000. The summed E-state index contributed by atoms with van der Waals surface area (Å²) in [6, 6.07) is 14.0. The minimum Gasteiger partial charge on any atom is -0.376 e. The molecule has 30 heavy (non-hydrogen) atoms. The maximum absolute atomic E-state index is 12.2. The van der Waals surface area contributed by atoms with Crippen molar-refractivity contribution >= 4 is 11.7 Å². The number of hydrogen-bond donors (Lipinski definition) is 1. The number of anilines is 1. The molecule has 5 nitrogen and oxygen atoms in total. The molecular formula is C25H27N3O2. The molecule has 154 valence electrons. The number of pyridine rings is 1. The summed E-state index contributed by atoms with van der Waals surface area (Å²) >= 11 is 0. The van der Waals surface area contributed by atoms with E-state index in [9.17, 15) is 9.90 Å². The van der Waals surface area contributed by atoms with Crippen molar-refractivity contribution < 1.29 is 9.90 Å². The maximum atomic E-state index is 12.2. The minimum absolute atomic E-state index is 0.133. The lowest BCUT2D eigenvalue weighted by Crippen LogP contribution is -2.58. The topological polar surface area (TPSA) is 56.7 Å². The van der Waals surface area contributed by atoms with Crippen molar-refractivity contribution in [3.63, 3.8) is 0 Å². The van der Waals surface area contributed by atoms with Crippen LogP contribution in [-0.4, -0.2) is 52.7 Å². The van der Waals surface area contributed by atoms with Crippen molar-refractivity contribution in [2.24, 2.45) is 5.92 Å². The lowest BCUT2D eigenvalue weighted by atomic mass is 9.75. The molecule has 1 aromatic carbocycles. The Kier molecular flexibility index (Phi) is 5.06. The lowest BCUT2D eigenvalue weighted by Gasteiger charge is -2.47. The first-order valence-corrected chi connectivity index (χ1v) is 10.9. The zero-order valence-corrected chi connectivity index (χ0v) is 17.2. The molecule has 0 spiro atoms. The van der Waals surface area contributed by atoms with Gasteiger partial charge in [-0.1, -0.05) is 42.2 Å². The van der Waals surface area contributed by atoms with Gasteiger partial charge in [0.1, 0.15) is 11.4 Å². The lowest BCUT2D eigenvalue weighted by molar-refractivity contribution is -0.117. The number of aliphatic hydroxyl groups is 1. The SMILES string of the molecule is O=C1CCCN1c1ccc(C#CC2(O)CN3CCC2CC3)c(Cc2ccccc2)n1. The summed E-state index contributed by atoms with van der Waals surface area (Å²) in [6.45, 7) is 3.48. The standard InChI is InChI=1S/C25H27N3O2/c29-24-7-4-14-28(24)23-9-8-20(22(26-23)17-19-5-2-1-3-6-19)10-13-25(30)18-27-15-11-21(25)12-16-27/h1-3,5-6,8-9,21,30H,4,7,11-12,14-18H2. The summed E-state index contributed by atoms with van der Waals surface area (Å²) in [6.07, 6.45) is 4.13. The van der Waals surface area contributed by atoms with Crippen molar-refractivity contribution in [2.75, 3.05) is 31.1 Å². The maximum Gasteiger partial charge on any atom is 0.228 e. The molecule has 4 aliphatic heterocycles. The van der Waals surface area contributed by atoms with E-state index in [0.29, 0.717) is 25.2 Å². The number of amides is 1. The molecule has 2 bridgehead atoms. The van der Waals surface area contributed by atoms with Crippen LogP contribution in [0.25, 0.3) is 0 Å². The second kappa shape index (κ2) is 7.86. The Labute approximate surface area is 177 Å². The smallest absolute Gasteiger partial charge is 0.228 e. The van der Waals surface area contributed by atoms with Crippen LogP contribution in [0.2, 0.25) is 0 Å². The largest absolute Gasteiger partial charge is 0.376 e. The van der Waals surface area contributed by atoms with Gasteiger partial charge >= 0.3 is 0 Å². The Morgan fingerprint density at radius 3 is 2.57 bits per heavy atom. The van der Waals surface area contributed by atoms with Gasteiger partial charge in [-0.3, -0.25) is 14.6 Å². The van der Waals surface area contributed by atoms with E-state index < -0.39 is 5.60 Å². The summed E-state index contributed by atoms with van der Waals surface area (Å²) in [5.74, 6) is 7.57. The molecule has 0 aliphatic carbocycles. The van der Waals surface area contributed by atoms with Crippen LogP contribution in [0.15, 0.2) is 42.5 Å². The van der Waals surface area contributed by atoms with Crippen LogP contribution >= 0.6 is 0 Å². The number of nitrogens with zero attached hydrogens (tertiary/aromatic N) is 3. The second-order valence-electron chi connectivity index (χ2n) is 8.70. The minimum atomic E-state index is -0.940. The molecule has 1 amide bonds. The molecule has 4 aliphatic rings. The Hall–Kier alpha value is -2.68. The molecule has 0 saturated carbocycles. The Balaban J connectivity index is 1.49. The number of hydrogen-bond acceptors (Lipinski definition) is 4. The average Bonchev–Trinajstić information content (AvgIpc) is 3.20. The zero-order valence-electron chi connectivity index (χ0n) is 17.2. The number of rotatable bonds is 3. The van der Waals surface area contributed by atoms with E-state index in [2.05, 4.69) is 28.9 Å². The molecule has 6 rings (SSSR count). The van der Waals surface area contributed by atoms with Crippen LogP contribution < -0.4 is 4.90 Å². The predicted octanol–water partition coefficient (Wildman–Crippen LogP) is 2.61. The van der Waals surface area contributed by atoms with Crippen molar-refractivity contribution in [3.05, 3.63) is 59.3 Å². The third-order valence-corrected chi connectivity index (χ3v) is 6.67. The second-order valence-corrected chi connectivity index (χ2v) is 8.70. The van der Waals surface area contributed by atoms with Gasteiger partial charge in [0.25, 0.3) is 0 Å². The first-order valence-electron chi connectivity index (χ1n) is 10.9. The molecule has 5 heteroatoms. The van der Waals surface area contributed by atoms with Crippen molar-refractivity contribution in [3.8, 4) is 11.8 Å². The number of fused-ring (bicyclic) bond motifs is 3. The fourth-order valence-electron chi connectivity index (χ4n) is 4.92. The van der Waals surface area contributed by atoms with Crippen LogP contribution in [0, 0.1) is 17.8 Å². The van der Waals surface area contributed by atoms with Gasteiger partial charge < -0.3 is 5.11 Å². The zero-order chi connectivity index (χ0) is 20.6. The van der Waals surface area contributed by atoms with Crippen molar-refractivity contribution in [1.29, 1.82) is 0 Å². The molecule has 2 aromatic rings. The van der Waals surface area contributed by atoms with E-state index in [1.807, 2.05) is 30.3 Å². The van der Waals surface area contributed by atoms with E-state index >= 15 is 0 Å². The van der Waals surface area contributed by atoms with Gasteiger partial charge in [0.05, 0.1) is 5.69 Å². The van der Waals surface area contributed by atoms with Gasteiger partial charge in [-0.05, 0) is 50.0 Å². The predicted molar refractivity (Wildman–Crippen MR) is 116 cm³/mol. The molecule has 1 aromatic heterocycles. The van der Waals surface area contributed by atoms with Gasteiger partial charge in [0, 0.05) is 37.4 Å². The quantitative estimate of drug-likeness (QED) is 0.804. The fourth-order valence-corrected chi connectivity index (χ4v) is 4.92. The molecule has 1 atom stereocenters. The third-order valence-electron chi connectivity index (χ3n) is 6.67. The number of aromatic nitrogens is 1. The summed E-state index contributed by atoms with van der Waals surface area (Å²) in [5, 5.41) is 11.2. The molecule has 1 unspecified atom stereocenters. The number of carbonyl (C=O) groups excluding carboxylic acids is 1. The summed E-state index contributed by atoms with van der Waals surface area (Å²) < 4.78 is 0. The van der Waals surface area contributed by atoms with E-state index in [1.54, 1.807) is 4.90 Å². The van der Waals surface area contributed by atoms with Crippen LogP contribution in [0.4, 0.5) is 5.82 Å². The van der Waals surface area contributed by atoms with Gasteiger partial charge in [0.2, 0.25) is 5.91 Å². The first kappa shape index (κ1) is 19.3. The van der Waals surface area contributed by atoms with E-state index in [0.717, 1.165) is 55.7 Å². The highest BCUT2D eigenvalue weighted by Gasteiger charge is 2.44. The molecule has 5 heterocycles. The van der Waals surface area contributed by atoms with Crippen LogP contribution in [0.5, 0.6) is 0 Å². The van der Waals surface area contributed by atoms with Crippen LogP contribution in [-0.2, 0) is 11.2 Å². The van der Waals surface area contributed by atoms with Crippen molar-refractivity contribution in [1.82, 2.24) is 9.88 Å². The number of benzene rings is 1. The van der Waals surface area contributed by atoms with Crippen molar-refractivity contribution in [2.45, 2.75) is 37.7 Å². The molecule has 4 fully saturated rings. The van der Waals surface area contributed by atoms with Gasteiger partial charge in [-0.2, -0.15) is 0 Å². The monoisotopic (exact) mass is 401 g/mol. The highest BCUT2D eigenvalue weighted by molar-refractivity contribution is 5.94. The average molecular weight is 402 g/mol. The van der Waals surface area contributed by atoms with Gasteiger partial charge in [0.15, 0.2) is 0 Å². The third kappa shape index (κ3) is 3.74. The van der Waals surface area contributed by atoms with E-state index in [4.69, 9.17) is 4.98 Å². The number of carbonyl (C=O) groups is 1. The molecule has 1 N–H and O–H groups in total. The summed E-state index contributed by atoms with van der Waals surface area (Å²) in [7, 11) is 0. The summed E-state index contributed by atoms with van der Waals surface area (Å²) in [4.78, 5) is 21.1.